The standard InChI is InChI=1S/C13H30N2/c1-5-8-10-13(4)14-11-9-12-15(6-2)7-3/h13-14H,5-12H2,1-4H3. The molecule has 0 saturated heterocycles. The van der Waals surface area contributed by atoms with Crippen molar-refractivity contribution >= 4 is 0 Å². The lowest BCUT2D eigenvalue weighted by molar-refractivity contribution is 0.295. The normalized spacial score (nSPS) is 13.4. The molecule has 0 radical (unpaired) electrons. The van der Waals surface area contributed by atoms with Crippen LogP contribution in [0, 0.1) is 0 Å². The molecule has 0 heterocycles. The molecule has 92 valence electrons. The van der Waals surface area contributed by atoms with Crippen molar-refractivity contribution in [1.29, 1.82) is 0 Å². The summed E-state index contributed by atoms with van der Waals surface area (Å²) in [7, 11) is 0. The second-order valence-electron chi connectivity index (χ2n) is 4.38. The van der Waals surface area contributed by atoms with Crippen LogP contribution < -0.4 is 5.32 Å². The molecule has 1 atom stereocenters. The SMILES string of the molecule is CCCCC(C)NCCCN(CC)CC. The van der Waals surface area contributed by atoms with Gasteiger partial charge in [0.25, 0.3) is 0 Å². The molecular weight excluding hydrogens is 184 g/mol. The van der Waals surface area contributed by atoms with E-state index in [9.17, 15) is 0 Å². The smallest absolute Gasteiger partial charge is 0.00387 e. The third-order valence-electron chi connectivity index (χ3n) is 3.03. The van der Waals surface area contributed by atoms with Crippen molar-refractivity contribution in [1.82, 2.24) is 10.2 Å². The summed E-state index contributed by atoms with van der Waals surface area (Å²) in [5.41, 5.74) is 0. The molecule has 2 heteroatoms. The Kier molecular flexibility index (Phi) is 10.4. The van der Waals surface area contributed by atoms with E-state index >= 15 is 0 Å². The van der Waals surface area contributed by atoms with Crippen LogP contribution in [-0.2, 0) is 0 Å². The largest absolute Gasteiger partial charge is 0.314 e. The molecule has 2 nitrogen and oxygen atoms in total. The number of hydrogen-bond acceptors (Lipinski definition) is 2. The van der Waals surface area contributed by atoms with Crippen LogP contribution in [0.15, 0.2) is 0 Å². The van der Waals surface area contributed by atoms with E-state index in [0.717, 1.165) is 0 Å². The second kappa shape index (κ2) is 10.4. The van der Waals surface area contributed by atoms with Crippen molar-refractivity contribution < 1.29 is 0 Å². The van der Waals surface area contributed by atoms with Gasteiger partial charge < -0.3 is 10.2 Å². The molecule has 0 aliphatic rings. The topological polar surface area (TPSA) is 15.3 Å². The van der Waals surface area contributed by atoms with E-state index < -0.39 is 0 Å². The van der Waals surface area contributed by atoms with Gasteiger partial charge in [-0.25, -0.2) is 0 Å². The van der Waals surface area contributed by atoms with Gasteiger partial charge in [-0.1, -0.05) is 33.6 Å². The molecule has 15 heavy (non-hydrogen) atoms. The van der Waals surface area contributed by atoms with Crippen molar-refractivity contribution in [2.75, 3.05) is 26.2 Å². The van der Waals surface area contributed by atoms with Crippen LogP contribution >= 0.6 is 0 Å². The van der Waals surface area contributed by atoms with Gasteiger partial charge in [-0.15, -0.1) is 0 Å². The van der Waals surface area contributed by atoms with E-state index in [1.165, 1.54) is 51.9 Å². The van der Waals surface area contributed by atoms with Crippen molar-refractivity contribution in [3.63, 3.8) is 0 Å². The Bertz CT molecular complexity index is 122. The van der Waals surface area contributed by atoms with Crippen LogP contribution in [0.4, 0.5) is 0 Å². The van der Waals surface area contributed by atoms with Gasteiger partial charge in [0.2, 0.25) is 0 Å². The van der Waals surface area contributed by atoms with E-state index in [4.69, 9.17) is 0 Å². The van der Waals surface area contributed by atoms with E-state index in [0.29, 0.717) is 6.04 Å². The maximum atomic E-state index is 3.59. The summed E-state index contributed by atoms with van der Waals surface area (Å²) in [6.07, 6.45) is 5.26. The molecule has 0 bridgehead atoms. The molecule has 0 spiro atoms. The first-order valence-electron chi connectivity index (χ1n) is 6.70. The molecule has 0 aliphatic carbocycles. The van der Waals surface area contributed by atoms with Crippen LogP contribution in [0.25, 0.3) is 0 Å². The molecule has 0 aromatic rings. The zero-order valence-corrected chi connectivity index (χ0v) is 11.2. The molecule has 1 N–H and O–H groups in total. The molecular formula is C13H30N2. The highest BCUT2D eigenvalue weighted by molar-refractivity contribution is 4.61. The molecule has 0 fully saturated rings. The summed E-state index contributed by atoms with van der Waals surface area (Å²) >= 11 is 0. The minimum atomic E-state index is 0.696. The second-order valence-corrected chi connectivity index (χ2v) is 4.38. The van der Waals surface area contributed by atoms with Crippen molar-refractivity contribution in [2.45, 2.75) is 59.4 Å². The van der Waals surface area contributed by atoms with E-state index in [-0.39, 0.29) is 0 Å². The minimum Gasteiger partial charge on any atom is -0.314 e. The van der Waals surface area contributed by atoms with Crippen LogP contribution in [0.3, 0.4) is 0 Å². The number of hydrogen-bond donors (Lipinski definition) is 1. The molecule has 0 rings (SSSR count). The first-order chi connectivity index (χ1) is 7.24. The fraction of sp³-hybridized carbons (Fsp3) is 1.00. The van der Waals surface area contributed by atoms with E-state index in [1.54, 1.807) is 0 Å². The first-order valence-corrected chi connectivity index (χ1v) is 6.70. The average molecular weight is 214 g/mol. The summed E-state index contributed by atoms with van der Waals surface area (Å²) in [6, 6.07) is 0.696. The van der Waals surface area contributed by atoms with Crippen LogP contribution in [0.1, 0.15) is 53.4 Å². The molecule has 0 aromatic carbocycles. The Morgan fingerprint density at radius 1 is 1.07 bits per heavy atom. The molecule has 0 aromatic heterocycles. The van der Waals surface area contributed by atoms with Crippen molar-refractivity contribution in [2.24, 2.45) is 0 Å². The average Bonchev–Trinajstić information content (AvgIpc) is 2.26. The molecule has 0 saturated carbocycles. The number of nitrogens with one attached hydrogen (secondary N) is 1. The Morgan fingerprint density at radius 3 is 2.27 bits per heavy atom. The summed E-state index contributed by atoms with van der Waals surface area (Å²) in [6.45, 7) is 13.8. The summed E-state index contributed by atoms with van der Waals surface area (Å²) in [4.78, 5) is 2.48. The van der Waals surface area contributed by atoms with Crippen LogP contribution in [0.2, 0.25) is 0 Å². The lowest BCUT2D eigenvalue weighted by atomic mass is 10.1. The zero-order valence-electron chi connectivity index (χ0n) is 11.2. The van der Waals surface area contributed by atoms with E-state index in [2.05, 4.69) is 37.9 Å². The lowest BCUT2D eigenvalue weighted by Gasteiger charge is -2.19. The number of unbranched alkanes of at least 4 members (excludes halogenated alkanes) is 1. The summed E-state index contributed by atoms with van der Waals surface area (Å²) < 4.78 is 0. The number of rotatable bonds is 10. The highest BCUT2D eigenvalue weighted by atomic mass is 15.1. The Hall–Kier alpha value is -0.0800. The van der Waals surface area contributed by atoms with Gasteiger partial charge in [-0.2, -0.15) is 0 Å². The van der Waals surface area contributed by atoms with Crippen LogP contribution in [-0.4, -0.2) is 37.1 Å². The predicted molar refractivity (Wildman–Crippen MR) is 69.4 cm³/mol. The maximum Gasteiger partial charge on any atom is 0.00387 e. The monoisotopic (exact) mass is 214 g/mol. The van der Waals surface area contributed by atoms with Gasteiger partial charge in [-0.05, 0) is 45.9 Å². The summed E-state index contributed by atoms with van der Waals surface area (Å²) in [5, 5.41) is 3.59. The van der Waals surface area contributed by atoms with Crippen molar-refractivity contribution in [3.8, 4) is 0 Å². The summed E-state index contributed by atoms with van der Waals surface area (Å²) in [5.74, 6) is 0. The third kappa shape index (κ3) is 8.88. The fourth-order valence-electron chi connectivity index (χ4n) is 1.80. The van der Waals surface area contributed by atoms with Crippen molar-refractivity contribution in [3.05, 3.63) is 0 Å². The van der Waals surface area contributed by atoms with Gasteiger partial charge in [0.1, 0.15) is 0 Å². The minimum absolute atomic E-state index is 0.696. The molecule has 0 amide bonds. The van der Waals surface area contributed by atoms with Crippen LogP contribution in [0.5, 0.6) is 0 Å². The number of nitrogens with zero attached hydrogens (tertiary/aromatic N) is 1. The lowest BCUT2D eigenvalue weighted by Crippen LogP contribution is -2.31. The highest BCUT2D eigenvalue weighted by Crippen LogP contribution is 1.99. The Balaban J connectivity index is 3.29. The highest BCUT2D eigenvalue weighted by Gasteiger charge is 2.01. The Labute approximate surface area is 96.4 Å². The zero-order chi connectivity index (χ0) is 11.5. The maximum absolute atomic E-state index is 3.59. The molecule has 0 aliphatic heterocycles. The Morgan fingerprint density at radius 2 is 1.73 bits per heavy atom. The van der Waals surface area contributed by atoms with Gasteiger partial charge >= 0.3 is 0 Å². The fourth-order valence-corrected chi connectivity index (χ4v) is 1.80. The van der Waals surface area contributed by atoms with Gasteiger partial charge in [0, 0.05) is 6.04 Å². The predicted octanol–water partition coefficient (Wildman–Crippen LogP) is 2.89. The third-order valence-corrected chi connectivity index (χ3v) is 3.03. The van der Waals surface area contributed by atoms with E-state index in [1.807, 2.05) is 0 Å². The van der Waals surface area contributed by atoms with Gasteiger partial charge in [0.05, 0.1) is 0 Å². The molecule has 1 unspecified atom stereocenters. The quantitative estimate of drug-likeness (QED) is 0.563. The van der Waals surface area contributed by atoms with Gasteiger partial charge in [-0.3, -0.25) is 0 Å². The van der Waals surface area contributed by atoms with Gasteiger partial charge in [0.15, 0.2) is 0 Å². The first kappa shape index (κ1) is 14.9.